The minimum atomic E-state index is -1.30. The number of methoxy groups -OCH3 is 1. The van der Waals surface area contributed by atoms with E-state index in [0.29, 0.717) is 11.3 Å². The van der Waals surface area contributed by atoms with Gasteiger partial charge in [0.15, 0.2) is 0 Å². The van der Waals surface area contributed by atoms with E-state index in [2.05, 4.69) is 16.8 Å². The molecule has 30 heavy (non-hydrogen) atoms. The molecule has 2 N–H and O–H groups in total. The number of nitrogens with zero attached hydrogens (tertiary/aromatic N) is 2. The van der Waals surface area contributed by atoms with E-state index in [1.54, 1.807) is 31.2 Å². The van der Waals surface area contributed by atoms with E-state index >= 15 is 0 Å². The summed E-state index contributed by atoms with van der Waals surface area (Å²) < 4.78 is 5.21. The Labute approximate surface area is 174 Å². The highest BCUT2D eigenvalue weighted by Gasteiger charge is 2.50. The van der Waals surface area contributed by atoms with Crippen LogP contribution < -0.4 is 20.4 Å². The van der Waals surface area contributed by atoms with Crippen LogP contribution in [0, 0.1) is 0 Å². The van der Waals surface area contributed by atoms with Gasteiger partial charge in [0.25, 0.3) is 11.8 Å². The van der Waals surface area contributed by atoms with Crippen molar-refractivity contribution < 1.29 is 19.1 Å². The number of ether oxygens (including phenoxy) is 1. The molecule has 2 aromatic rings. The number of urea groups is 1. The van der Waals surface area contributed by atoms with Gasteiger partial charge in [-0.15, -0.1) is 0 Å². The number of hydrogen-bond acceptors (Lipinski definition) is 5. The number of para-hydroxylation sites is 1. The lowest BCUT2D eigenvalue weighted by Crippen LogP contribution is -2.51. The number of rotatable bonds is 5. The number of nitrogens with one attached hydrogen (secondary N) is 2. The van der Waals surface area contributed by atoms with Crippen LogP contribution >= 0.6 is 0 Å². The van der Waals surface area contributed by atoms with Gasteiger partial charge in [0, 0.05) is 12.2 Å². The first-order valence-corrected chi connectivity index (χ1v) is 9.86. The van der Waals surface area contributed by atoms with Crippen LogP contribution in [-0.2, 0) is 21.5 Å². The van der Waals surface area contributed by atoms with Gasteiger partial charge in [0.1, 0.15) is 11.3 Å². The summed E-state index contributed by atoms with van der Waals surface area (Å²) in [6.07, 6.45) is 1.92. The SMILES string of the molecule is COc1cccc(C2(C)NC(=O)N(NC(=O)CN3CCCc4ccccc43)C2=O)c1. The van der Waals surface area contributed by atoms with Crippen molar-refractivity contribution in [2.45, 2.75) is 25.3 Å². The molecule has 2 aromatic carbocycles. The molecule has 1 atom stereocenters. The molecule has 1 saturated heterocycles. The topological polar surface area (TPSA) is 91.0 Å². The fourth-order valence-corrected chi connectivity index (χ4v) is 3.98. The van der Waals surface area contributed by atoms with Gasteiger partial charge < -0.3 is 15.0 Å². The highest BCUT2D eigenvalue weighted by atomic mass is 16.5. The second kappa shape index (κ2) is 7.70. The van der Waals surface area contributed by atoms with Gasteiger partial charge in [-0.05, 0) is 49.1 Å². The molecule has 156 valence electrons. The van der Waals surface area contributed by atoms with Crippen molar-refractivity contribution in [2.75, 3.05) is 25.1 Å². The first kappa shape index (κ1) is 19.8. The number of amides is 4. The molecule has 4 rings (SSSR count). The molecule has 0 bridgehead atoms. The predicted octanol–water partition coefficient (Wildman–Crippen LogP) is 1.95. The van der Waals surface area contributed by atoms with Gasteiger partial charge in [-0.1, -0.05) is 30.3 Å². The Morgan fingerprint density at radius 1 is 1.20 bits per heavy atom. The Balaban J connectivity index is 1.48. The second-order valence-corrected chi connectivity index (χ2v) is 7.62. The van der Waals surface area contributed by atoms with Crippen LogP contribution in [0.25, 0.3) is 0 Å². The number of aryl methyl sites for hydroxylation is 1. The lowest BCUT2D eigenvalue weighted by molar-refractivity contribution is -0.138. The monoisotopic (exact) mass is 408 g/mol. The third-order valence-electron chi connectivity index (χ3n) is 5.62. The molecular formula is C22H24N4O4. The minimum Gasteiger partial charge on any atom is -0.497 e. The lowest BCUT2D eigenvalue weighted by atomic mass is 9.92. The van der Waals surface area contributed by atoms with Gasteiger partial charge in [0.2, 0.25) is 0 Å². The standard InChI is InChI=1S/C22H24N4O4/c1-22(16-9-5-10-17(13-16)30-2)20(28)26(21(29)23-22)24-19(27)14-25-12-6-8-15-7-3-4-11-18(15)25/h3-5,7,9-11,13H,6,8,12,14H2,1-2H3,(H,23,29)(H,24,27). The molecule has 0 aromatic heterocycles. The van der Waals surface area contributed by atoms with Crippen LogP contribution in [0.1, 0.15) is 24.5 Å². The molecule has 1 fully saturated rings. The number of fused-ring (bicyclic) bond motifs is 1. The highest BCUT2D eigenvalue weighted by Crippen LogP contribution is 2.30. The van der Waals surface area contributed by atoms with Crippen molar-refractivity contribution >= 4 is 23.5 Å². The zero-order valence-corrected chi connectivity index (χ0v) is 17.0. The summed E-state index contributed by atoms with van der Waals surface area (Å²) in [4.78, 5) is 40.2. The van der Waals surface area contributed by atoms with E-state index in [9.17, 15) is 14.4 Å². The van der Waals surface area contributed by atoms with Crippen LogP contribution in [0.15, 0.2) is 48.5 Å². The van der Waals surface area contributed by atoms with E-state index in [-0.39, 0.29) is 6.54 Å². The summed E-state index contributed by atoms with van der Waals surface area (Å²) >= 11 is 0. The maximum absolute atomic E-state index is 13.0. The minimum absolute atomic E-state index is 0.0595. The Kier molecular flexibility index (Phi) is 5.07. The summed E-state index contributed by atoms with van der Waals surface area (Å²) in [6.45, 7) is 2.41. The number of benzene rings is 2. The van der Waals surface area contributed by atoms with Crippen LogP contribution in [0.5, 0.6) is 5.75 Å². The maximum atomic E-state index is 13.0. The maximum Gasteiger partial charge on any atom is 0.344 e. The van der Waals surface area contributed by atoms with E-state index in [4.69, 9.17) is 4.74 Å². The molecule has 0 radical (unpaired) electrons. The molecule has 8 heteroatoms. The predicted molar refractivity (Wildman–Crippen MR) is 111 cm³/mol. The van der Waals surface area contributed by atoms with Crippen LogP contribution in [0.3, 0.4) is 0 Å². The Morgan fingerprint density at radius 2 is 2.00 bits per heavy atom. The third kappa shape index (κ3) is 3.45. The number of hydrogen-bond donors (Lipinski definition) is 2. The molecule has 1 unspecified atom stereocenters. The Bertz CT molecular complexity index is 1010. The van der Waals surface area contributed by atoms with Crippen LogP contribution in [0.4, 0.5) is 10.5 Å². The number of hydrazine groups is 1. The van der Waals surface area contributed by atoms with E-state index < -0.39 is 23.4 Å². The number of anilines is 1. The lowest BCUT2D eigenvalue weighted by Gasteiger charge is -2.31. The fourth-order valence-electron chi connectivity index (χ4n) is 3.98. The van der Waals surface area contributed by atoms with Gasteiger partial charge in [0.05, 0.1) is 13.7 Å². The summed E-state index contributed by atoms with van der Waals surface area (Å²) in [5.74, 6) is -0.403. The first-order valence-electron chi connectivity index (χ1n) is 9.86. The third-order valence-corrected chi connectivity index (χ3v) is 5.62. The van der Waals surface area contributed by atoms with E-state index in [1.807, 2.05) is 23.1 Å². The average molecular weight is 408 g/mol. The molecule has 2 heterocycles. The van der Waals surface area contributed by atoms with E-state index in [0.717, 1.165) is 30.1 Å². The second-order valence-electron chi connectivity index (χ2n) is 7.62. The molecular weight excluding hydrogens is 384 g/mol. The van der Waals surface area contributed by atoms with Crippen molar-refractivity contribution in [3.05, 3.63) is 59.7 Å². The van der Waals surface area contributed by atoms with E-state index in [1.165, 1.54) is 12.7 Å². The van der Waals surface area contributed by atoms with Crippen molar-refractivity contribution in [3.63, 3.8) is 0 Å². The number of carbonyl (C=O) groups excluding carboxylic acids is 3. The summed E-state index contributed by atoms with van der Waals surface area (Å²) in [5.41, 5.74) is 3.95. The molecule has 0 saturated carbocycles. The fraction of sp³-hybridized carbons (Fsp3) is 0.318. The smallest absolute Gasteiger partial charge is 0.344 e. The summed E-state index contributed by atoms with van der Waals surface area (Å²) in [6, 6.07) is 14.2. The highest BCUT2D eigenvalue weighted by molar-refractivity contribution is 6.08. The van der Waals surface area contributed by atoms with Gasteiger partial charge >= 0.3 is 6.03 Å². The average Bonchev–Trinajstić information content (AvgIpc) is 2.98. The molecule has 2 aliphatic heterocycles. The van der Waals surface area contributed by atoms with Crippen molar-refractivity contribution in [2.24, 2.45) is 0 Å². The van der Waals surface area contributed by atoms with Gasteiger partial charge in [-0.25, -0.2) is 4.79 Å². The molecule has 8 nitrogen and oxygen atoms in total. The normalized spacial score (nSPS) is 20.6. The quantitative estimate of drug-likeness (QED) is 0.738. The molecule has 2 aliphatic rings. The molecule has 4 amide bonds. The van der Waals surface area contributed by atoms with Crippen LogP contribution in [-0.4, -0.2) is 43.1 Å². The van der Waals surface area contributed by atoms with Crippen LogP contribution in [0.2, 0.25) is 0 Å². The van der Waals surface area contributed by atoms with Gasteiger partial charge in [-0.2, -0.15) is 5.01 Å². The zero-order chi connectivity index (χ0) is 21.3. The van der Waals surface area contributed by atoms with Crippen molar-refractivity contribution in [3.8, 4) is 5.75 Å². The van der Waals surface area contributed by atoms with Crippen molar-refractivity contribution in [1.29, 1.82) is 0 Å². The zero-order valence-electron chi connectivity index (χ0n) is 17.0. The molecule has 0 aliphatic carbocycles. The Morgan fingerprint density at radius 3 is 2.80 bits per heavy atom. The number of carbonyl (C=O) groups is 3. The van der Waals surface area contributed by atoms with Crippen molar-refractivity contribution in [1.82, 2.24) is 15.8 Å². The summed E-state index contributed by atoms with van der Waals surface area (Å²) in [7, 11) is 1.53. The largest absolute Gasteiger partial charge is 0.497 e. The summed E-state index contributed by atoms with van der Waals surface area (Å²) in [5, 5.41) is 3.44. The number of imide groups is 1. The Hall–Kier alpha value is -3.55. The first-order chi connectivity index (χ1) is 14.4. The molecule has 0 spiro atoms. The van der Waals surface area contributed by atoms with Gasteiger partial charge in [-0.3, -0.25) is 15.0 Å².